The lowest BCUT2D eigenvalue weighted by Gasteiger charge is -2.19. The summed E-state index contributed by atoms with van der Waals surface area (Å²) in [5, 5.41) is 10.2. The van der Waals surface area contributed by atoms with Crippen molar-refractivity contribution in [1.29, 1.82) is 0 Å². The number of carbonyl (C=O) groups excluding carboxylic acids is 1. The molecule has 2 rings (SSSR count). The van der Waals surface area contributed by atoms with Crippen molar-refractivity contribution in [1.82, 2.24) is 20.4 Å². The van der Waals surface area contributed by atoms with Crippen molar-refractivity contribution in [2.75, 3.05) is 14.2 Å². The summed E-state index contributed by atoms with van der Waals surface area (Å²) in [4.78, 5) is 12.5. The Labute approximate surface area is 149 Å². The molecule has 6 nitrogen and oxygen atoms in total. The maximum atomic E-state index is 12.5. The third kappa shape index (κ3) is 5.25. The van der Waals surface area contributed by atoms with Crippen LogP contribution in [0, 0.1) is 0 Å². The van der Waals surface area contributed by atoms with Gasteiger partial charge in [-0.25, -0.2) is 0 Å². The van der Waals surface area contributed by atoms with Crippen LogP contribution in [0.1, 0.15) is 24.1 Å². The molecule has 24 heavy (non-hydrogen) atoms. The first-order valence-electron chi connectivity index (χ1n) is 7.62. The van der Waals surface area contributed by atoms with Crippen LogP contribution in [0.15, 0.2) is 36.7 Å². The molecule has 0 fully saturated rings. The van der Waals surface area contributed by atoms with E-state index < -0.39 is 6.04 Å². The van der Waals surface area contributed by atoms with Gasteiger partial charge in [-0.05, 0) is 38.1 Å². The van der Waals surface area contributed by atoms with Crippen LogP contribution in [0.3, 0.4) is 0 Å². The van der Waals surface area contributed by atoms with E-state index in [1.807, 2.05) is 44.4 Å². The Bertz CT molecular complexity index is 660. The number of nitrogens with one attached hydrogen (secondary N) is 2. The third-order valence-electron chi connectivity index (χ3n) is 3.67. The van der Waals surface area contributed by atoms with E-state index in [2.05, 4.69) is 15.7 Å². The molecule has 1 heterocycles. The Morgan fingerprint density at radius 2 is 2.17 bits per heavy atom. The van der Waals surface area contributed by atoms with Gasteiger partial charge in [-0.15, -0.1) is 12.4 Å². The fourth-order valence-electron chi connectivity index (χ4n) is 2.57. The number of likely N-dealkylation sites (N-methyl/N-ethyl adjacent to an activating group) is 1. The van der Waals surface area contributed by atoms with E-state index in [4.69, 9.17) is 4.74 Å². The summed E-state index contributed by atoms with van der Waals surface area (Å²) in [6, 6.07) is 7.49. The Morgan fingerprint density at radius 1 is 1.42 bits per heavy atom. The zero-order chi connectivity index (χ0) is 16.8. The minimum absolute atomic E-state index is 0. The summed E-state index contributed by atoms with van der Waals surface area (Å²) < 4.78 is 6.91. The molecule has 1 amide bonds. The molecule has 2 atom stereocenters. The number of halogens is 1. The first-order valence-corrected chi connectivity index (χ1v) is 7.62. The van der Waals surface area contributed by atoms with Gasteiger partial charge in [-0.1, -0.05) is 12.1 Å². The molecule has 0 bridgehead atoms. The molecular weight excluding hydrogens is 328 g/mol. The van der Waals surface area contributed by atoms with Gasteiger partial charge in [0.25, 0.3) is 0 Å². The average molecular weight is 353 g/mol. The molecular formula is C17H25ClN4O2. The first-order chi connectivity index (χ1) is 11.0. The summed E-state index contributed by atoms with van der Waals surface area (Å²) in [6.07, 6.45) is 4.29. The molecule has 1 aromatic heterocycles. The van der Waals surface area contributed by atoms with E-state index in [-0.39, 0.29) is 24.4 Å². The summed E-state index contributed by atoms with van der Waals surface area (Å²) in [5.41, 5.74) is 1.97. The van der Waals surface area contributed by atoms with Crippen molar-refractivity contribution in [3.05, 3.63) is 47.8 Å². The highest BCUT2D eigenvalue weighted by molar-refractivity contribution is 5.85. The van der Waals surface area contributed by atoms with Gasteiger partial charge in [0.15, 0.2) is 0 Å². The van der Waals surface area contributed by atoms with Gasteiger partial charge in [-0.3, -0.25) is 9.48 Å². The molecule has 0 saturated heterocycles. The van der Waals surface area contributed by atoms with E-state index in [9.17, 15) is 4.79 Å². The lowest BCUT2D eigenvalue weighted by molar-refractivity contribution is -0.123. The average Bonchev–Trinajstić information content (AvgIpc) is 2.94. The van der Waals surface area contributed by atoms with E-state index >= 15 is 0 Å². The molecule has 0 aliphatic heterocycles. The SMILES string of the molecule is CNC(C(=O)NC(C)Cc1cccc(OC)c1)c1cnn(C)c1.Cl. The standard InChI is InChI=1S/C17H24N4O2.ClH/c1-12(8-13-6-5-7-15(9-13)23-4)20-17(22)16(18-2)14-10-19-21(3)11-14;/h5-7,9-12,16,18H,8H2,1-4H3,(H,20,22);1H. The number of rotatable bonds is 7. The molecule has 1 aromatic carbocycles. The molecule has 0 spiro atoms. The van der Waals surface area contributed by atoms with Gasteiger partial charge in [0.1, 0.15) is 11.8 Å². The molecule has 0 aliphatic rings. The highest BCUT2D eigenvalue weighted by atomic mass is 35.5. The summed E-state index contributed by atoms with van der Waals surface area (Å²) in [5.74, 6) is 0.764. The van der Waals surface area contributed by atoms with Crippen molar-refractivity contribution in [3.63, 3.8) is 0 Å². The topological polar surface area (TPSA) is 68.2 Å². The number of aromatic nitrogens is 2. The fourth-order valence-corrected chi connectivity index (χ4v) is 2.57. The molecule has 2 unspecified atom stereocenters. The van der Waals surface area contributed by atoms with Crippen molar-refractivity contribution >= 4 is 18.3 Å². The second kappa shape index (κ2) is 9.30. The number of benzene rings is 1. The summed E-state index contributed by atoms with van der Waals surface area (Å²) in [7, 11) is 5.25. The second-order valence-electron chi connectivity index (χ2n) is 5.63. The van der Waals surface area contributed by atoms with E-state index in [0.29, 0.717) is 0 Å². The molecule has 0 saturated carbocycles. The number of nitrogens with zero attached hydrogens (tertiary/aromatic N) is 2. The zero-order valence-electron chi connectivity index (χ0n) is 14.4. The van der Waals surface area contributed by atoms with Crippen LogP contribution in [0.5, 0.6) is 5.75 Å². The number of carbonyl (C=O) groups is 1. The van der Waals surface area contributed by atoms with Crippen molar-refractivity contribution < 1.29 is 9.53 Å². The number of amides is 1. The molecule has 2 aromatic rings. The van der Waals surface area contributed by atoms with Crippen LogP contribution < -0.4 is 15.4 Å². The number of methoxy groups -OCH3 is 1. The van der Waals surface area contributed by atoms with Crippen LogP contribution in [-0.4, -0.2) is 35.9 Å². The van der Waals surface area contributed by atoms with Crippen molar-refractivity contribution in [2.45, 2.75) is 25.4 Å². The van der Waals surface area contributed by atoms with Crippen molar-refractivity contribution in [2.24, 2.45) is 7.05 Å². The number of aryl methyl sites for hydroxylation is 1. The molecule has 2 N–H and O–H groups in total. The van der Waals surface area contributed by atoms with Gasteiger partial charge in [-0.2, -0.15) is 5.10 Å². The van der Waals surface area contributed by atoms with Gasteiger partial charge >= 0.3 is 0 Å². The Kier molecular flexibility index (Phi) is 7.74. The van der Waals surface area contributed by atoms with Gasteiger partial charge in [0.05, 0.1) is 13.3 Å². The molecule has 0 aliphatic carbocycles. The van der Waals surface area contributed by atoms with Crippen molar-refractivity contribution in [3.8, 4) is 5.75 Å². The Hall–Kier alpha value is -2.05. The quantitative estimate of drug-likeness (QED) is 0.798. The molecule has 0 radical (unpaired) electrons. The van der Waals surface area contributed by atoms with Gasteiger partial charge in [0.2, 0.25) is 5.91 Å². The number of ether oxygens (including phenoxy) is 1. The largest absolute Gasteiger partial charge is 0.497 e. The van der Waals surface area contributed by atoms with Crippen LogP contribution in [-0.2, 0) is 18.3 Å². The smallest absolute Gasteiger partial charge is 0.242 e. The minimum atomic E-state index is -0.406. The Balaban J connectivity index is 0.00000288. The first kappa shape index (κ1) is 20.0. The van der Waals surface area contributed by atoms with Crippen LogP contribution >= 0.6 is 12.4 Å². The van der Waals surface area contributed by atoms with Crippen LogP contribution in [0.4, 0.5) is 0 Å². The van der Waals surface area contributed by atoms with Gasteiger partial charge < -0.3 is 15.4 Å². The minimum Gasteiger partial charge on any atom is -0.497 e. The third-order valence-corrected chi connectivity index (χ3v) is 3.67. The number of hydrogen-bond donors (Lipinski definition) is 2. The van der Waals surface area contributed by atoms with Crippen LogP contribution in [0.2, 0.25) is 0 Å². The predicted molar refractivity (Wildman–Crippen MR) is 96.6 cm³/mol. The lowest BCUT2D eigenvalue weighted by atomic mass is 10.1. The second-order valence-corrected chi connectivity index (χ2v) is 5.63. The van der Waals surface area contributed by atoms with E-state index in [1.54, 1.807) is 25.0 Å². The maximum Gasteiger partial charge on any atom is 0.242 e. The fraction of sp³-hybridized carbons (Fsp3) is 0.412. The predicted octanol–water partition coefficient (Wildman–Crippen LogP) is 1.86. The zero-order valence-corrected chi connectivity index (χ0v) is 15.3. The highest BCUT2D eigenvalue weighted by Crippen LogP contribution is 2.15. The lowest BCUT2D eigenvalue weighted by Crippen LogP contribution is -2.41. The number of hydrogen-bond acceptors (Lipinski definition) is 4. The van der Waals surface area contributed by atoms with E-state index in [1.165, 1.54) is 0 Å². The monoisotopic (exact) mass is 352 g/mol. The van der Waals surface area contributed by atoms with E-state index in [0.717, 1.165) is 23.3 Å². The van der Waals surface area contributed by atoms with Crippen LogP contribution in [0.25, 0.3) is 0 Å². The summed E-state index contributed by atoms with van der Waals surface area (Å²) in [6.45, 7) is 1.99. The molecule has 7 heteroatoms. The molecule has 132 valence electrons. The normalized spacial score (nSPS) is 12.8. The van der Waals surface area contributed by atoms with Gasteiger partial charge in [0, 0.05) is 24.8 Å². The summed E-state index contributed by atoms with van der Waals surface area (Å²) >= 11 is 0. The Morgan fingerprint density at radius 3 is 2.75 bits per heavy atom. The maximum absolute atomic E-state index is 12.5. The highest BCUT2D eigenvalue weighted by Gasteiger charge is 2.21.